The zero-order chi connectivity index (χ0) is 19.3. The van der Waals surface area contributed by atoms with E-state index in [1.165, 1.54) is 37.8 Å². The van der Waals surface area contributed by atoms with Crippen molar-refractivity contribution < 1.29 is 4.79 Å². The van der Waals surface area contributed by atoms with Gasteiger partial charge in [-0.1, -0.05) is 6.92 Å². The Morgan fingerprint density at radius 3 is 2.32 bits per heavy atom. The van der Waals surface area contributed by atoms with Crippen molar-refractivity contribution in [3.8, 4) is 0 Å². The van der Waals surface area contributed by atoms with E-state index in [0.29, 0.717) is 5.69 Å². The van der Waals surface area contributed by atoms with Crippen LogP contribution in [-0.2, 0) is 0 Å². The Morgan fingerprint density at radius 2 is 1.61 bits per heavy atom. The van der Waals surface area contributed by atoms with E-state index in [1.807, 2.05) is 24.3 Å². The van der Waals surface area contributed by atoms with Crippen LogP contribution in [0.2, 0.25) is 0 Å². The zero-order valence-corrected chi connectivity index (χ0v) is 16.7. The summed E-state index contributed by atoms with van der Waals surface area (Å²) in [7, 11) is 0. The van der Waals surface area contributed by atoms with E-state index in [2.05, 4.69) is 39.2 Å². The van der Waals surface area contributed by atoms with E-state index in [1.54, 1.807) is 6.20 Å². The Balaban J connectivity index is 1.39. The fraction of sp³-hybridized carbons (Fsp3) is 0.478. The van der Waals surface area contributed by atoms with Crippen molar-refractivity contribution in [3.05, 3.63) is 48.3 Å². The van der Waals surface area contributed by atoms with Gasteiger partial charge in [0.05, 0.1) is 0 Å². The van der Waals surface area contributed by atoms with Gasteiger partial charge in [0.2, 0.25) is 0 Å². The maximum absolute atomic E-state index is 12.7. The van der Waals surface area contributed by atoms with Crippen molar-refractivity contribution in [2.45, 2.75) is 39.0 Å². The van der Waals surface area contributed by atoms with Crippen molar-refractivity contribution >= 4 is 23.0 Å². The van der Waals surface area contributed by atoms with Crippen molar-refractivity contribution in [2.75, 3.05) is 41.3 Å². The summed E-state index contributed by atoms with van der Waals surface area (Å²) in [4.78, 5) is 21.7. The molecule has 2 fully saturated rings. The molecule has 0 bridgehead atoms. The molecule has 0 unspecified atom stereocenters. The Hall–Kier alpha value is -2.56. The molecule has 1 amide bonds. The van der Waals surface area contributed by atoms with Gasteiger partial charge in [0.15, 0.2) is 0 Å². The molecule has 1 aromatic heterocycles. The molecule has 0 aliphatic carbocycles. The van der Waals surface area contributed by atoms with Crippen LogP contribution in [0.1, 0.15) is 49.5 Å². The quantitative estimate of drug-likeness (QED) is 0.847. The molecule has 28 heavy (non-hydrogen) atoms. The van der Waals surface area contributed by atoms with Crippen LogP contribution < -0.4 is 15.1 Å². The number of amides is 1. The number of anilines is 3. The summed E-state index contributed by atoms with van der Waals surface area (Å²) < 4.78 is 0. The van der Waals surface area contributed by atoms with Crippen molar-refractivity contribution in [1.29, 1.82) is 0 Å². The van der Waals surface area contributed by atoms with Crippen molar-refractivity contribution in [1.82, 2.24) is 4.98 Å². The molecule has 2 aliphatic heterocycles. The van der Waals surface area contributed by atoms with Crippen LogP contribution in [0.15, 0.2) is 42.6 Å². The average Bonchev–Trinajstić information content (AvgIpc) is 2.76. The minimum Gasteiger partial charge on any atom is -0.372 e. The second-order valence-corrected chi connectivity index (χ2v) is 8.12. The maximum Gasteiger partial charge on any atom is 0.274 e. The number of hydrogen-bond donors (Lipinski definition) is 1. The van der Waals surface area contributed by atoms with Crippen molar-refractivity contribution in [3.63, 3.8) is 0 Å². The molecule has 5 nitrogen and oxygen atoms in total. The number of carbonyl (C=O) groups is 1. The molecule has 2 aromatic rings. The molecule has 0 saturated carbocycles. The number of piperidine rings is 2. The second kappa shape index (κ2) is 8.63. The third-order valence-corrected chi connectivity index (χ3v) is 5.97. The van der Waals surface area contributed by atoms with Gasteiger partial charge in [0, 0.05) is 49.4 Å². The summed E-state index contributed by atoms with van der Waals surface area (Å²) in [6, 6.07) is 12.1. The highest BCUT2D eigenvalue weighted by molar-refractivity contribution is 6.03. The lowest BCUT2D eigenvalue weighted by Gasteiger charge is -2.32. The highest BCUT2D eigenvalue weighted by Crippen LogP contribution is 2.25. The first-order valence-electron chi connectivity index (χ1n) is 10.6. The summed E-state index contributed by atoms with van der Waals surface area (Å²) in [5.74, 6) is 0.668. The largest absolute Gasteiger partial charge is 0.372 e. The molecule has 2 aliphatic rings. The highest BCUT2D eigenvalue weighted by atomic mass is 16.1. The number of pyridine rings is 1. The molecule has 0 atom stereocenters. The van der Waals surface area contributed by atoms with E-state index in [0.717, 1.165) is 43.5 Å². The third-order valence-electron chi connectivity index (χ3n) is 5.97. The van der Waals surface area contributed by atoms with Gasteiger partial charge in [-0.25, -0.2) is 0 Å². The molecule has 148 valence electrons. The van der Waals surface area contributed by atoms with E-state index < -0.39 is 0 Å². The predicted octanol–water partition coefficient (Wildman–Crippen LogP) is 4.56. The lowest BCUT2D eigenvalue weighted by Crippen LogP contribution is -2.32. The molecule has 1 N–H and O–H groups in total. The molecule has 4 rings (SSSR count). The van der Waals surface area contributed by atoms with Crippen LogP contribution in [0, 0.1) is 5.92 Å². The first kappa shape index (κ1) is 18.8. The number of nitrogens with one attached hydrogen (secondary N) is 1. The molecule has 1 aromatic carbocycles. The first-order valence-corrected chi connectivity index (χ1v) is 10.6. The van der Waals surface area contributed by atoms with Gasteiger partial charge in [-0.3, -0.25) is 9.78 Å². The average molecular weight is 379 g/mol. The molecular weight excluding hydrogens is 348 g/mol. The summed E-state index contributed by atoms with van der Waals surface area (Å²) in [6.45, 7) is 6.66. The SMILES string of the molecule is CC1CCN(c2ccc(NC(=O)c3cc(N4CCCCC4)ccn3)cc2)CC1. The number of carbonyl (C=O) groups excluding carboxylic acids is 1. The Kier molecular flexibility index (Phi) is 5.79. The van der Waals surface area contributed by atoms with Gasteiger partial charge in [-0.05, 0) is 74.4 Å². The van der Waals surface area contributed by atoms with Gasteiger partial charge < -0.3 is 15.1 Å². The number of benzene rings is 1. The summed E-state index contributed by atoms with van der Waals surface area (Å²) in [5, 5.41) is 2.99. The topological polar surface area (TPSA) is 48.5 Å². The molecule has 0 radical (unpaired) electrons. The number of nitrogens with zero attached hydrogens (tertiary/aromatic N) is 3. The molecule has 2 saturated heterocycles. The first-order chi connectivity index (χ1) is 13.7. The van der Waals surface area contributed by atoms with Gasteiger partial charge in [0.1, 0.15) is 5.69 Å². The van der Waals surface area contributed by atoms with Crippen LogP contribution in [0.4, 0.5) is 17.1 Å². The lowest BCUT2D eigenvalue weighted by molar-refractivity contribution is 0.102. The van der Waals surface area contributed by atoms with E-state index >= 15 is 0 Å². The molecule has 3 heterocycles. The standard InChI is InChI=1S/C23H30N4O/c1-18-10-15-27(16-11-18)20-7-5-19(6-8-20)25-23(28)22-17-21(9-12-24-22)26-13-3-2-4-14-26/h5-9,12,17-18H,2-4,10-11,13-16H2,1H3,(H,25,28). The fourth-order valence-corrected chi connectivity index (χ4v) is 4.11. The molecule has 5 heteroatoms. The molecule has 0 spiro atoms. The lowest BCUT2D eigenvalue weighted by atomic mass is 9.99. The van der Waals surface area contributed by atoms with Gasteiger partial charge in [0.25, 0.3) is 5.91 Å². The minimum absolute atomic E-state index is 0.154. The monoisotopic (exact) mass is 378 g/mol. The number of rotatable bonds is 4. The molecular formula is C23H30N4O. The van der Waals surface area contributed by atoms with Gasteiger partial charge in [-0.2, -0.15) is 0 Å². The van der Waals surface area contributed by atoms with Crippen LogP contribution in [0.25, 0.3) is 0 Å². The van der Waals surface area contributed by atoms with Gasteiger partial charge in [-0.15, -0.1) is 0 Å². The number of aromatic nitrogens is 1. The fourth-order valence-electron chi connectivity index (χ4n) is 4.11. The number of hydrogen-bond acceptors (Lipinski definition) is 4. The van der Waals surface area contributed by atoms with E-state index in [9.17, 15) is 4.79 Å². The second-order valence-electron chi connectivity index (χ2n) is 8.12. The minimum atomic E-state index is -0.154. The summed E-state index contributed by atoms with van der Waals surface area (Å²) in [6.07, 6.45) is 7.95. The van der Waals surface area contributed by atoms with Crippen LogP contribution in [0.5, 0.6) is 0 Å². The Bertz CT molecular complexity index is 791. The highest BCUT2D eigenvalue weighted by Gasteiger charge is 2.17. The zero-order valence-electron chi connectivity index (χ0n) is 16.7. The summed E-state index contributed by atoms with van der Waals surface area (Å²) in [5.41, 5.74) is 3.60. The van der Waals surface area contributed by atoms with E-state index in [4.69, 9.17) is 0 Å². The van der Waals surface area contributed by atoms with Crippen LogP contribution in [0.3, 0.4) is 0 Å². The van der Waals surface area contributed by atoms with E-state index in [-0.39, 0.29) is 5.91 Å². The Morgan fingerprint density at radius 1 is 0.929 bits per heavy atom. The summed E-state index contributed by atoms with van der Waals surface area (Å²) >= 11 is 0. The normalized spacial score (nSPS) is 18.2. The smallest absolute Gasteiger partial charge is 0.274 e. The maximum atomic E-state index is 12.7. The predicted molar refractivity (Wildman–Crippen MR) is 115 cm³/mol. The van der Waals surface area contributed by atoms with Crippen LogP contribution >= 0.6 is 0 Å². The van der Waals surface area contributed by atoms with Crippen molar-refractivity contribution in [2.24, 2.45) is 5.92 Å². The third kappa shape index (κ3) is 4.46. The van der Waals surface area contributed by atoms with Crippen LogP contribution in [-0.4, -0.2) is 37.1 Å². The van der Waals surface area contributed by atoms with Gasteiger partial charge >= 0.3 is 0 Å². The Labute approximate surface area is 167 Å².